The number of hydrogen-bond donors (Lipinski definition) is 2. The standard InChI is InChI=1S/2C28H22ClF2N5O4/c2*1-39-8-7-36-24-10-16(28(37)38)5-6-23(24)34-26(36)11-17-9-21(31)19(12-20(17)30)22-3-2-4-27(35-22)40-15-18-13-33-25(29)14-32-18/h2*2-6,9-10,12-14H,7-8,11,15H2,1H3,(H,37,38). The van der Waals surface area contributed by atoms with Crippen LogP contribution in [-0.2, 0) is 48.6 Å². The van der Waals surface area contributed by atoms with E-state index in [2.05, 4.69) is 39.9 Å². The van der Waals surface area contributed by atoms with Crippen molar-refractivity contribution in [1.82, 2.24) is 49.0 Å². The van der Waals surface area contributed by atoms with Crippen molar-refractivity contribution in [2.75, 3.05) is 27.4 Å². The van der Waals surface area contributed by atoms with Crippen molar-refractivity contribution in [1.29, 1.82) is 0 Å². The van der Waals surface area contributed by atoms with Gasteiger partial charge in [0.05, 0.1) is 94.0 Å². The third-order valence-corrected chi connectivity index (χ3v) is 12.6. The number of methoxy groups -OCH3 is 2. The Morgan fingerprint density at radius 1 is 0.525 bits per heavy atom. The number of halogens is 6. The van der Waals surface area contributed by atoms with Crippen LogP contribution in [0.1, 0.15) is 54.9 Å². The molecule has 0 atom stereocenters. The average Bonchev–Trinajstić information content (AvgIpc) is 4.02. The predicted molar refractivity (Wildman–Crippen MR) is 285 cm³/mol. The molecule has 6 aromatic heterocycles. The second-order valence-electron chi connectivity index (χ2n) is 17.5. The van der Waals surface area contributed by atoms with Crippen molar-refractivity contribution < 1.29 is 56.3 Å². The van der Waals surface area contributed by atoms with Gasteiger partial charge in [0, 0.05) is 63.4 Å². The highest BCUT2D eigenvalue weighted by Gasteiger charge is 2.21. The van der Waals surface area contributed by atoms with Gasteiger partial charge >= 0.3 is 11.9 Å². The highest BCUT2D eigenvalue weighted by molar-refractivity contribution is 6.29. The number of carboxylic acids is 2. The van der Waals surface area contributed by atoms with Crippen LogP contribution >= 0.6 is 23.2 Å². The number of imidazole rings is 2. The summed E-state index contributed by atoms with van der Waals surface area (Å²) in [5.74, 6) is -3.48. The molecule has 18 nitrogen and oxygen atoms in total. The third-order valence-electron chi connectivity index (χ3n) is 12.2. The number of aromatic nitrogens is 10. The number of pyridine rings is 2. The van der Waals surface area contributed by atoms with Gasteiger partial charge in [0.1, 0.15) is 58.4 Å². The largest absolute Gasteiger partial charge is 0.478 e. The van der Waals surface area contributed by atoms with E-state index in [1.54, 1.807) is 57.7 Å². The van der Waals surface area contributed by atoms with E-state index in [9.17, 15) is 19.8 Å². The van der Waals surface area contributed by atoms with E-state index in [-0.39, 0.29) is 92.9 Å². The molecule has 0 saturated carbocycles. The van der Waals surface area contributed by atoms with Crippen molar-refractivity contribution in [2.45, 2.75) is 39.1 Å². The smallest absolute Gasteiger partial charge is 0.335 e. The Balaban J connectivity index is 0.000000194. The molecule has 2 N–H and O–H groups in total. The van der Waals surface area contributed by atoms with E-state index in [0.717, 1.165) is 24.3 Å². The Bertz CT molecular complexity index is 3640. The molecule has 0 aliphatic heterocycles. The van der Waals surface area contributed by atoms with Crippen LogP contribution in [0.4, 0.5) is 17.6 Å². The summed E-state index contributed by atoms with van der Waals surface area (Å²) >= 11 is 11.5. The first kappa shape index (κ1) is 55.8. The molecule has 0 fully saturated rings. The molecule has 0 aliphatic carbocycles. The van der Waals surface area contributed by atoms with Crippen LogP contribution in [0, 0.1) is 23.3 Å². The highest BCUT2D eigenvalue weighted by atomic mass is 35.5. The van der Waals surface area contributed by atoms with Gasteiger partial charge in [0.15, 0.2) is 0 Å². The third kappa shape index (κ3) is 13.3. The van der Waals surface area contributed by atoms with E-state index in [1.165, 1.54) is 63.3 Å². The second-order valence-corrected chi connectivity index (χ2v) is 18.3. The molecule has 0 spiro atoms. The van der Waals surface area contributed by atoms with Gasteiger partial charge in [-0.2, -0.15) is 0 Å². The summed E-state index contributed by atoms with van der Waals surface area (Å²) in [7, 11) is 3.07. The van der Waals surface area contributed by atoms with Crippen LogP contribution in [0.15, 0.2) is 122 Å². The maximum atomic E-state index is 15.3. The van der Waals surface area contributed by atoms with Gasteiger partial charge in [-0.1, -0.05) is 35.3 Å². The second kappa shape index (κ2) is 25.2. The molecular weight excluding hydrogens is 1090 g/mol. The Morgan fingerprint density at radius 3 is 1.32 bits per heavy atom. The fourth-order valence-electron chi connectivity index (χ4n) is 8.34. The topological polar surface area (TPSA) is 224 Å². The molecule has 10 rings (SSSR count). The van der Waals surface area contributed by atoms with Gasteiger partial charge in [-0.25, -0.2) is 57.1 Å². The lowest BCUT2D eigenvalue weighted by molar-refractivity contribution is 0.0686. The lowest BCUT2D eigenvalue weighted by Crippen LogP contribution is -2.10. The van der Waals surface area contributed by atoms with Crippen molar-refractivity contribution in [3.8, 4) is 34.3 Å². The molecule has 0 unspecified atom stereocenters. The summed E-state index contributed by atoms with van der Waals surface area (Å²) in [6.45, 7) is 1.47. The maximum absolute atomic E-state index is 15.3. The van der Waals surface area contributed by atoms with Crippen LogP contribution in [0.25, 0.3) is 44.6 Å². The van der Waals surface area contributed by atoms with Crippen LogP contribution in [-0.4, -0.2) is 98.6 Å². The first-order valence-corrected chi connectivity index (χ1v) is 24.9. The van der Waals surface area contributed by atoms with Crippen LogP contribution in [0.2, 0.25) is 10.3 Å². The van der Waals surface area contributed by atoms with Crippen LogP contribution in [0.3, 0.4) is 0 Å². The maximum Gasteiger partial charge on any atom is 0.335 e. The predicted octanol–water partition coefficient (Wildman–Crippen LogP) is 10.7. The number of nitrogens with zero attached hydrogens (tertiary/aromatic N) is 10. The summed E-state index contributed by atoms with van der Waals surface area (Å²) < 4.78 is 86.4. The van der Waals surface area contributed by atoms with Crippen molar-refractivity contribution in [3.63, 3.8) is 0 Å². The zero-order valence-electron chi connectivity index (χ0n) is 42.3. The number of ether oxygens (including phenoxy) is 4. The lowest BCUT2D eigenvalue weighted by Gasteiger charge is -2.12. The van der Waals surface area contributed by atoms with Gasteiger partial charge in [0.2, 0.25) is 11.8 Å². The van der Waals surface area contributed by atoms with Gasteiger partial charge in [0.25, 0.3) is 0 Å². The summed E-state index contributed by atoms with van der Waals surface area (Å²) in [4.78, 5) is 56.7. The first-order valence-electron chi connectivity index (χ1n) is 24.2. The number of carbonyl (C=O) groups is 2. The van der Waals surface area contributed by atoms with Gasteiger partial charge < -0.3 is 38.3 Å². The molecule has 408 valence electrons. The summed E-state index contributed by atoms with van der Waals surface area (Å²) in [6.07, 6.45) is 5.67. The minimum absolute atomic E-state index is 0.0253. The molecule has 4 aromatic carbocycles. The number of fused-ring (bicyclic) bond motifs is 2. The number of rotatable bonds is 20. The summed E-state index contributed by atoms with van der Waals surface area (Å²) in [5, 5.41) is 19.3. The molecular formula is C56H44Cl2F4N10O8. The summed E-state index contributed by atoms with van der Waals surface area (Å²) in [5.41, 5.74) is 3.94. The molecule has 0 saturated heterocycles. The molecule has 0 amide bonds. The number of carboxylic acid groups (broad SMARTS) is 2. The molecule has 0 bridgehead atoms. The summed E-state index contributed by atoms with van der Waals surface area (Å²) in [6, 6.07) is 23.0. The molecule has 80 heavy (non-hydrogen) atoms. The van der Waals surface area contributed by atoms with Crippen molar-refractivity contribution >= 4 is 57.2 Å². The molecule has 10 aromatic rings. The van der Waals surface area contributed by atoms with Gasteiger partial charge in [-0.15, -0.1) is 0 Å². The average molecular weight is 1130 g/mol. The minimum Gasteiger partial charge on any atom is -0.478 e. The SMILES string of the molecule is COCCn1c(Cc2cc(F)c(-c3cccc(OCc4cnc(Cl)cn4)n3)cc2F)nc2ccc(C(=O)O)cc21.COCCn1c(Cc2cc(F)c(-c3cccc(OCc4cnc(Cl)cn4)n3)cc2F)nc2ccc(C(=O)O)cc21. The van der Waals surface area contributed by atoms with E-state index in [1.807, 2.05) is 0 Å². The van der Waals surface area contributed by atoms with Crippen LogP contribution in [0.5, 0.6) is 11.8 Å². The van der Waals surface area contributed by atoms with Gasteiger partial charge in [-0.3, -0.25) is 9.97 Å². The normalized spacial score (nSPS) is 11.2. The lowest BCUT2D eigenvalue weighted by atomic mass is 10.0. The highest BCUT2D eigenvalue weighted by Crippen LogP contribution is 2.31. The van der Waals surface area contributed by atoms with Crippen molar-refractivity contribution in [2.24, 2.45) is 0 Å². The van der Waals surface area contributed by atoms with E-state index in [0.29, 0.717) is 71.4 Å². The Kier molecular flexibility index (Phi) is 17.6. The fourth-order valence-corrected chi connectivity index (χ4v) is 8.53. The Morgan fingerprint density at radius 2 is 0.950 bits per heavy atom. The minimum atomic E-state index is -1.08. The van der Waals surface area contributed by atoms with Gasteiger partial charge in [-0.05, 0) is 83.9 Å². The molecule has 0 aliphatic rings. The zero-order valence-corrected chi connectivity index (χ0v) is 43.8. The zero-order chi connectivity index (χ0) is 56.5. The van der Waals surface area contributed by atoms with E-state index >= 15 is 17.6 Å². The van der Waals surface area contributed by atoms with E-state index in [4.69, 9.17) is 42.1 Å². The first-order chi connectivity index (χ1) is 38.6. The number of aromatic carboxylic acids is 2. The van der Waals surface area contributed by atoms with Crippen molar-refractivity contribution in [3.05, 3.63) is 201 Å². The molecule has 6 heterocycles. The molecule has 24 heteroatoms. The monoisotopic (exact) mass is 1130 g/mol. The fraction of sp³-hybridized carbons (Fsp3) is 0.179. The number of benzene rings is 4. The number of hydrogen-bond acceptors (Lipinski definition) is 14. The Hall–Kier alpha value is -8.96. The van der Waals surface area contributed by atoms with Crippen LogP contribution < -0.4 is 9.47 Å². The Labute approximate surface area is 462 Å². The molecule has 0 radical (unpaired) electrons. The van der Waals surface area contributed by atoms with E-state index < -0.39 is 35.2 Å². The quantitative estimate of drug-likeness (QED) is 0.0677.